The number of likely N-dealkylation sites (tertiary alicyclic amines) is 1. The van der Waals surface area contributed by atoms with Crippen LogP contribution in [0.15, 0.2) is 24.0 Å². The number of ether oxygens (including phenoxy) is 3. The number of amidine groups is 1. The van der Waals surface area contributed by atoms with Gasteiger partial charge in [-0.1, -0.05) is 12.5 Å². The van der Waals surface area contributed by atoms with E-state index in [0.717, 1.165) is 31.6 Å². The summed E-state index contributed by atoms with van der Waals surface area (Å²) < 4.78 is 18.4. The molecule has 4 aliphatic rings. The minimum Gasteiger partial charge on any atom is -0.493 e. The fraction of sp³-hybridized carbons (Fsp3) is 0.625. The summed E-state index contributed by atoms with van der Waals surface area (Å²) in [6.07, 6.45) is 6.84. The van der Waals surface area contributed by atoms with Gasteiger partial charge in [0.1, 0.15) is 5.76 Å². The van der Waals surface area contributed by atoms with Crippen LogP contribution in [0.5, 0.6) is 11.5 Å². The van der Waals surface area contributed by atoms with Gasteiger partial charge in [-0.15, -0.1) is 0 Å². The summed E-state index contributed by atoms with van der Waals surface area (Å²) in [4.78, 5) is 41.8. The number of hydrogen-bond donors (Lipinski definition) is 3. The minimum atomic E-state index is -0.585. The van der Waals surface area contributed by atoms with Gasteiger partial charge >= 0.3 is 6.09 Å². The second-order valence-electron chi connectivity index (χ2n) is 12.5. The lowest BCUT2D eigenvalue weighted by molar-refractivity contribution is -0.127. The van der Waals surface area contributed by atoms with E-state index in [1.807, 2.05) is 12.1 Å². The monoisotopic (exact) mass is 595 g/mol. The maximum Gasteiger partial charge on any atom is 0.414 e. The number of nitrogens with one attached hydrogen (secondary N) is 2. The number of nitrogens with zero attached hydrogens (tertiary/aromatic N) is 2. The Labute approximate surface area is 253 Å². The average Bonchev–Trinajstić information content (AvgIpc) is 3.32. The van der Waals surface area contributed by atoms with E-state index in [0.29, 0.717) is 62.1 Å². The van der Waals surface area contributed by atoms with Crippen LogP contribution in [-0.4, -0.2) is 85.9 Å². The summed E-state index contributed by atoms with van der Waals surface area (Å²) >= 11 is 0. The number of likely N-dealkylation sites (N-methyl/N-ethyl adjacent to an activating group) is 1. The van der Waals surface area contributed by atoms with Crippen LogP contribution in [0.4, 0.5) is 4.79 Å². The highest BCUT2D eigenvalue weighted by Crippen LogP contribution is 2.63. The van der Waals surface area contributed by atoms with E-state index in [4.69, 9.17) is 25.4 Å². The number of hydrogen-bond acceptors (Lipinski definition) is 8. The Morgan fingerprint density at radius 3 is 2.77 bits per heavy atom. The van der Waals surface area contributed by atoms with Crippen molar-refractivity contribution in [2.75, 3.05) is 34.3 Å². The van der Waals surface area contributed by atoms with Crippen molar-refractivity contribution in [3.05, 3.63) is 35.1 Å². The normalized spacial score (nSPS) is 25.5. The molecule has 1 saturated heterocycles. The van der Waals surface area contributed by atoms with E-state index in [2.05, 4.69) is 23.3 Å². The topological polar surface area (TPSA) is 147 Å². The predicted octanol–water partition coefficient (Wildman–Crippen LogP) is 3.28. The van der Waals surface area contributed by atoms with Gasteiger partial charge in [0.15, 0.2) is 23.4 Å². The molecule has 1 aromatic carbocycles. The molecule has 2 amide bonds. The molecule has 1 aromatic rings. The van der Waals surface area contributed by atoms with Crippen molar-refractivity contribution in [3.8, 4) is 11.5 Å². The van der Waals surface area contributed by atoms with Crippen LogP contribution >= 0.6 is 0 Å². The number of Topliss-reactive ketones (excluding diaryl/α,β-unsaturated/α-hetero) is 1. The van der Waals surface area contributed by atoms with Gasteiger partial charge in [0.2, 0.25) is 5.91 Å². The molecule has 0 radical (unpaired) electrons. The zero-order chi connectivity index (χ0) is 30.9. The van der Waals surface area contributed by atoms with Crippen molar-refractivity contribution in [1.82, 2.24) is 15.1 Å². The Morgan fingerprint density at radius 2 is 2.05 bits per heavy atom. The molecule has 0 aromatic heterocycles. The van der Waals surface area contributed by atoms with Crippen LogP contribution in [0.25, 0.3) is 0 Å². The van der Waals surface area contributed by atoms with Gasteiger partial charge in [-0.3, -0.25) is 15.0 Å². The number of carbonyl (C=O) groups excluding carboxylic acids is 3. The van der Waals surface area contributed by atoms with Crippen molar-refractivity contribution < 1.29 is 28.6 Å². The number of rotatable bonds is 13. The van der Waals surface area contributed by atoms with Gasteiger partial charge in [0, 0.05) is 50.4 Å². The lowest BCUT2D eigenvalue weighted by atomic mass is 9.53. The van der Waals surface area contributed by atoms with Gasteiger partial charge in [0.05, 0.1) is 19.0 Å². The molecule has 2 aliphatic heterocycles. The number of amides is 2. The smallest absolute Gasteiger partial charge is 0.414 e. The maximum absolute atomic E-state index is 13.3. The first-order valence-corrected chi connectivity index (χ1v) is 15.4. The molecule has 43 heavy (non-hydrogen) atoms. The molecular formula is C32H45N5O6. The summed E-state index contributed by atoms with van der Waals surface area (Å²) in [6.45, 7) is 2.67. The van der Waals surface area contributed by atoms with E-state index in [1.165, 1.54) is 23.0 Å². The van der Waals surface area contributed by atoms with Crippen molar-refractivity contribution in [2.24, 2.45) is 11.7 Å². The number of benzene rings is 1. The predicted molar refractivity (Wildman–Crippen MR) is 161 cm³/mol. The Hall–Kier alpha value is -3.60. The van der Waals surface area contributed by atoms with E-state index in [-0.39, 0.29) is 29.4 Å². The van der Waals surface area contributed by atoms with Crippen LogP contribution in [0, 0.1) is 11.3 Å². The molecule has 4 N–H and O–H groups in total. The Morgan fingerprint density at radius 1 is 1.26 bits per heavy atom. The molecule has 2 heterocycles. The van der Waals surface area contributed by atoms with Crippen LogP contribution in [0.1, 0.15) is 69.4 Å². The quantitative estimate of drug-likeness (QED) is 0.179. The highest BCUT2D eigenvalue weighted by molar-refractivity contribution is 5.88. The van der Waals surface area contributed by atoms with Crippen LogP contribution in [0.2, 0.25) is 0 Å². The van der Waals surface area contributed by atoms with Crippen molar-refractivity contribution >= 4 is 23.6 Å². The van der Waals surface area contributed by atoms with Crippen molar-refractivity contribution in [1.29, 1.82) is 5.41 Å². The fourth-order valence-corrected chi connectivity index (χ4v) is 7.72. The average molecular weight is 596 g/mol. The molecule has 5 atom stereocenters. The number of piperidine rings is 1. The highest BCUT2D eigenvalue weighted by atomic mass is 16.6. The summed E-state index contributed by atoms with van der Waals surface area (Å²) in [7, 11) is 5.52. The minimum absolute atomic E-state index is 0.0732. The summed E-state index contributed by atoms with van der Waals surface area (Å²) in [5.74, 6) is 2.19. The highest BCUT2D eigenvalue weighted by Gasteiger charge is 2.64. The number of methoxy groups -OCH3 is 1. The molecule has 5 rings (SSSR count). The van der Waals surface area contributed by atoms with Gasteiger partial charge in [-0.2, -0.15) is 0 Å². The molecule has 11 heteroatoms. The zero-order valence-electron chi connectivity index (χ0n) is 25.7. The standard InChI is InChI=1S/C32H45N5O6/c1-19(38)35-22(8-5-6-10-27(33)34)24(39)9-7-16-37(3)31(40)42-26-14-12-21-23-18-20-11-13-25(41-4)29-28(20)32(21,30(26)43-29)15-17-36(23)2/h11,13-14,21-23,30H,5-10,12,15-18H2,1-4H3,(H3,33,34)(H,35,38)/t21-,22-,23+,30-,32-/m0/s1. The second-order valence-corrected chi connectivity index (χ2v) is 12.5. The Balaban J connectivity index is 1.21. The van der Waals surface area contributed by atoms with Gasteiger partial charge in [-0.05, 0) is 75.7 Å². The fourth-order valence-electron chi connectivity index (χ4n) is 7.72. The van der Waals surface area contributed by atoms with E-state index < -0.39 is 18.2 Å². The summed E-state index contributed by atoms with van der Waals surface area (Å²) in [5.41, 5.74) is 7.68. The largest absolute Gasteiger partial charge is 0.493 e. The van der Waals surface area contributed by atoms with E-state index in [9.17, 15) is 14.4 Å². The number of allylic oxidation sites excluding steroid dienone is 1. The first kappa shape index (κ1) is 30.8. The SMILES string of the molecule is COc1ccc2c3c1O[C@H]1C(OC(=O)N(C)CCCC(=O)[C@H](CCCCC(=N)N)NC(C)=O)=CC[C@H]4[C@@H](C2)N(C)CC[C@]314. The van der Waals surface area contributed by atoms with Crippen LogP contribution in [-0.2, 0) is 26.2 Å². The van der Waals surface area contributed by atoms with Gasteiger partial charge in [-0.25, -0.2) is 4.79 Å². The maximum atomic E-state index is 13.3. The third-order valence-corrected chi connectivity index (χ3v) is 9.82. The zero-order valence-corrected chi connectivity index (χ0v) is 25.7. The summed E-state index contributed by atoms with van der Waals surface area (Å²) in [6, 6.07) is 3.95. The van der Waals surface area contributed by atoms with E-state index in [1.54, 1.807) is 14.2 Å². The van der Waals surface area contributed by atoms with Crippen molar-refractivity contribution in [2.45, 2.75) is 88.3 Å². The lowest BCUT2D eigenvalue weighted by Crippen LogP contribution is -2.63. The number of carbonyl (C=O) groups is 3. The number of ketones is 1. The number of unbranched alkanes of at least 4 members (excludes halogenated alkanes) is 1. The first-order chi connectivity index (χ1) is 20.6. The third kappa shape index (κ3) is 5.83. The Bertz CT molecular complexity index is 1310. The molecule has 234 valence electrons. The van der Waals surface area contributed by atoms with Gasteiger partial charge < -0.3 is 35.1 Å². The van der Waals surface area contributed by atoms with Crippen LogP contribution < -0.4 is 20.5 Å². The summed E-state index contributed by atoms with van der Waals surface area (Å²) in [5, 5.41) is 10.1. The van der Waals surface area contributed by atoms with Gasteiger partial charge in [0.25, 0.3) is 0 Å². The molecule has 1 fully saturated rings. The third-order valence-electron chi connectivity index (χ3n) is 9.82. The molecule has 1 spiro atoms. The van der Waals surface area contributed by atoms with Crippen LogP contribution in [0.3, 0.4) is 0 Å². The van der Waals surface area contributed by atoms with Crippen molar-refractivity contribution in [3.63, 3.8) is 0 Å². The molecule has 0 unspecified atom stereocenters. The van der Waals surface area contributed by atoms with E-state index >= 15 is 0 Å². The Kier molecular flexibility index (Phi) is 9.01. The molecular weight excluding hydrogens is 550 g/mol. The molecule has 2 bridgehead atoms. The second kappa shape index (κ2) is 12.6. The molecule has 0 saturated carbocycles. The molecule has 11 nitrogen and oxygen atoms in total. The lowest BCUT2D eigenvalue weighted by Gasteiger charge is -2.56. The first-order valence-electron chi connectivity index (χ1n) is 15.4. The number of nitrogens with two attached hydrogens (primary N) is 1. The molecule has 2 aliphatic carbocycles.